The predicted molar refractivity (Wildman–Crippen MR) is 149 cm³/mol. The van der Waals surface area contributed by atoms with Crippen molar-refractivity contribution in [2.45, 2.75) is 45.5 Å². The van der Waals surface area contributed by atoms with Crippen molar-refractivity contribution in [3.05, 3.63) is 75.4 Å². The van der Waals surface area contributed by atoms with Crippen LogP contribution in [-0.4, -0.2) is 46.3 Å². The first kappa shape index (κ1) is 33.2. The van der Waals surface area contributed by atoms with Gasteiger partial charge in [-0.15, -0.1) is 0 Å². The second-order valence-corrected chi connectivity index (χ2v) is 10.6. The lowest BCUT2D eigenvalue weighted by molar-refractivity contribution is -0.137. The molecule has 0 aliphatic heterocycles. The molecule has 0 saturated carbocycles. The fourth-order valence-electron chi connectivity index (χ4n) is 3.88. The maximum atomic E-state index is 15.3. The molecule has 43 heavy (non-hydrogen) atoms. The third kappa shape index (κ3) is 8.37. The molecule has 232 valence electrons. The number of carboxylic acids is 1. The number of carboxylic acid groups (broad SMARTS) is 1. The number of benzene rings is 2. The standard InChI is InChI=1S/C28H28ClF5N4O5/c1-27(2,3)43-26(41)38(10-9-21-19(35)6-8-23(37-21)42-4)13-15-20(7-5-18(30)24(15)31)36-22-12-16(28(32,33)34)17(29)11-14(22)25(39)40/h5-8,11-12,36H,9-10,13,35H2,1-4H3,(H,39,40). The maximum absolute atomic E-state index is 15.3. The van der Waals surface area contributed by atoms with Gasteiger partial charge in [0, 0.05) is 30.3 Å². The SMILES string of the molecule is COc1ccc(N)c(CCN(Cc2c(Nc3cc(C(F)(F)F)c(Cl)cc3C(=O)O)ccc(F)c2F)C(=O)OC(C)(C)C)n1. The molecule has 4 N–H and O–H groups in total. The van der Waals surface area contributed by atoms with E-state index in [-0.39, 0.29) is 30.2 Å². The molecule has 1 aromatic heterocycles. The zero-order chi connectivity index (χ0) is 32.3. The average Bonchev–Trinajstić information content (AvgIpc) is 2.89. The van der Waals surface area contributed by atoms with E-state index >= 15 is 4.39 Å². The number of carbonyl (C=O) groups excluding carboxylic acids is 1. The first-order valence-electron chi connectivity index (χ1n) is 12.6. The van der Waals surface area contributed by atoms with E-state index in [2.05, 4.69) is 10.3 Å². The van der Waals surface area contributed by atoms with Gasteiger partial charge in [0.2, 0.25) is 5.88 Å². The molecule has 0 radical (unpaired) electrons. The average molecular weight is 631 g/mol. The fraction of sp³-hybridized carbons (Fsp3) is 0.321. The molecule has 1 amide bonds. The summed E-state index contributed by atoms with van der Waals surface area (Å²) in [5, 5.41) is 11.2. The van der Waals surface area contributed by atoms with Gasteiger partial charge in [0.15, 0.2) is 11.6 Å². The van der Waals surface area contributed by atoms with Gasteiger partial charge in [-0.1, -0.05) is 11.6 Å². The van der Waals surface area contributed by atoms with Crippen LogP contribution in [0.3, 0.4) is 0 Å². The molecule has 0 bridgehead atoms. The van der Waals surface area contributed by atoms with E-state index in [4.69, 9.17) is 26.8 Å². The topological polar surface area (TPSA) is 127 Å². The van der Waals surface area contributed by atoms with Crippen molar-refractivity contribution in [1.82, 2.24) is 9.88 Å². The molecule has 0 aliphatic carbocycles. The summed E-state index contributed by atoms with van der Waals surface area (Å²) >= 11 is 5.68. The number of aromatic nitrogens is 1. The van der Waals surface area contributed by atoms with Crippen molar-refractivity contribution in [2.75, 3.05) is 24.7 Å². The summed E-state index contributed by atoms with van der Waals surface area (Å²) in [5.41, 5.74) is 2.16. The highest BCUT2D eigenvalue weighted by atomic mass is 35.5. The van der Waals surface area contributed by atoms with Gasteiger partial charge in [-0.3, -0.25) is 0 Å². The highest BCUT2D eigenvalue weighted by Crippen LogP contribution is 2.39. The highest BCUT2D eigenvalue weighted by Gasteiger charge is 2.35. The second kappa shape index (κ2) is 12.9. The van der Waals surface area contributed by atoms with Gasteiger partial charge in [-0.05, 0) is 51.1 Å². The summed E-state index contributed by atoms with van der Waals surface area (Å²) in [6.07, 6.45) is -5.86. The largest absolute Gasteiger partial charge is 0.481 e. The summed E-state index contributed by atoms with van der Waals surface area (Å²) in [4.78, 5) is 30.2. The number of nitrogens with two attached hydrogens (primary N) is 1. The Hall–Kier alpha value is -4.33. The van der Waals surface area contributed by atoms with Crippen molar-refractivity contribution >= 4 is 40.7 Å². The number of halogens is 6. The van der Waals surface area contributed by atoms with Gasteiger partial charge in [0.05, 0.1) is 46.9 Å². The zero-order valence-corrected chi connectivity index (χ0v) is 24.2. The number of methoxy groups -OCH3 is 1. The van der Waals surface area contributed by atoms with Crippen LogP contribution >= 0.6 is 11.6 Å². The van der Waals surface area contributed by atoms with Gasteiger partial charge in [0.1, 0.15) is 5.60 Å². The molecule has 0 unspecified atom stereocenters. The summed E-state index contributed by atoms with van der Waals surface area (Å²) in [6, 6.07) is 5.79. The number of ether oxygens (including phenoxy) is 2. The number of alkyl halides is 3. The van der Waals surface area contributed by atoms with E-state index in [0.29, 0.717) is 23.9 Å². The van der Waals surface area contributed by atoms with E-state index in [9.17, 15) is 32.3 Å². The fourth-order valence-corrected chi connectivity index (χ4v) is 4.15. The lowest BCUT2D eigenvalue weighted by atomic mass is 10.1. The molecular weight excluding hydrogens is 603 g/mol. The smallest absolute Gasteiger partial charge is 0.417 e. The lowest BCUT2D eigenvalue weighted by Gasteiger charge is -2.28. The molecule has 9 nitrogen and oxygen atoms in total. The molecular formula is C28H28ClF5N4O5. The van der Waals surface area contributed by atoms with Gasteiger partial charge in [0.25, 0.3) is 0 Å². The van der Waals surface area contributed by atoms with Gasteiger partial charge in [-0.2, -0.15) is 13.2 Å². The first-order valence-corrected chi connectivity index (χ1v) is 12.9. The van der Waals surface area contributed by atoms with Crippen LogP contribution in [-0.2, 0) is 23.9 Å². The van der Waals surface area contributed by atoms with Crippen LogP contribution in [0.4, 0.5) is 43.8 Å². The van der Waals surface area contributed by atoms with E-state index in [1.807, 2.05) is 0 Å². The predicted octanol–water partition coefficient (Wildman–Crippen LogP) is 7.04. The zero-order valence-electron chi connectivity index (χ0n) is 23.4. The van der Waals surface area contributed by atoms with Gasteiger partial charge < -0.3 is 30.5 Å². The molecule has 0 aliphatic rings. The number of nitrogens with one attached hydrogen (secondary N) is 1. The Kier molecular flexibility index (Phi) is 9.95. The van der Waals surface area contributed by atoms with E-state index < -0.39 is 69.4 Å². The maximum Gasteiger partial charge on any atom is 0.417 e. The molecule has 3 aromatic rings. The Bertz CT molecular complexity index is 1530. The van der Waals surface area contributed by atoms with Gasteiger partial charge in [-0.25, -0.2) is 23.4 Å². The number of aromatic carboxylic acids is 1. The van der Waals surface area contributed by atoms with Crippen molar-refractivity contribution in [2.24, 2.45) is 0 Å². The minimum atomic E-state index is -4.95. The number of anilines is 3. The summed E-state index contributed by atoms with van der Waals surface area (Å²) in [5.74, 6) is -4.15. The number of pyridine rings is 1. The highest BCUT2D eigenvalue weighted by molar-refractivity contribution is 6.32. The Morgan fingerprint density at radius 3 is 2.35 bits per heavy atom. The normalized spacial score (nSPS) is 11.7. The number of carbonyl (C=O) groups is 2. The third-order valence-electron chi connectivity index (χ3n) is 5.92. The lowest BCUT2D eigenvalue weighted by Crippen LogP contribution is -2.38. The first-order chi connectivity index (χ1) is 19.9. The van der Waals surface area contributed by atoms with Crippen LogP contribution in [0, 0.1) is 11.6 Å². The Morgan fingerprint density at radius 1 is 1.09 bits per heavy atom. The van der Waals surface area contributed by atoms with Crippen molar-refractivity contribution in [1.29, 1.82) is 0 Å². The number of nitrogen functional groups attached to an aromatic ring is 1. The summed E-state index contributed by atoms with van der Waals surface area (Å²) in [7, 11) is 1.39. The Morgan fingerprint density at radius 2 is 1.77 bits per heavy atom. The van der Waals surface area contributed by atoms with E-state index in [1.54, 1.807) is 20.8 Å². The number of rotatable bonds is 9. The Labute approximate surface area is 248 Å². The van der Waals surface area contributed by atoms with Crippen LogP contribution < -0.4 is 15.8 Å². The van der Waals surface area contributed by atoms with E-state index in [0.717, 1.165) is 11.0 Å². The molecule has 2 aromatic carbocycles. The van der Waals surface area contributed by atoms with E-state index in [1.165, 1.54) is 19.2 Å². The number of nitrogens with zero attached hydrogens (tertiary/aromatic N) is 2. The minimum absolute atomic E-state index is 0.0251. The molecule has 0 spiro atoms. The number of amides is 1. The molecule has 1 heterocycles. The quantitative estimate of drug-likeness (QED) is 0.215. The van der Waals surface area contributed by atoms with Crippen LogP contribution in [0.15, 0.2) is 36.4 Å². The van der Waals surface area contributed by atoms with Crippen molar-refractivity contribution in [3.8, 4) is 5.88 Å². The van der Waals surface area contributed by atoms with Crippen LogP contribution in [0.25, 0.3) is 0 Å². The molecule has 0 atom stereocenters. The molecule has 3 rings (SSSR count). The number of hydrogen-bond acceptors (Lipinski definition) is 7. The van der Waals surface area contributed by atoms with Gasteiger partial charge >= 0.3 is 18.2 Å². The third-order valence-corrected chi connectivity index (χ3v) is 6.23. The molecule has 0 saturated heterocycles. The summed E-state index contributed by atoms with van der Waals surface area (Å²) < 4.78 is 80.9. The summed E-state index contributed by atoms with van der Waals surface area (Å²) in [6.45, 7) is 3.95. The molecule has 15 heteroatoms. The number of hydrogen-bond donors (Lipinski definition) is 3. The minimum Gasteiger partial charge on any atom is -0.481 e. The van der Waals surface area contributed by atoms with Crippen LogP contribution in [0.2, 0.25) is 5.02 Å². The van der Waals surface area contributed by atoms with Crippen molar-refractivity contribution < 1.29 is 46.1 Å². The Balaban J connectivity index is 2.07. The molecule has 0 fully saturated rings. The second-order valence-electron chi connectivity index (χ2n) is 10.2. The van der Waals surface area contributed by atoms with Crippen molar-refractivity contribution in [3.63, 3.8) is 0 Å². The van der Waals surface area contributed by atoms with Crippen LogP contribution in [0.1, 0.15) is 48.0 Å². The van der Waals surface area contributed by atoms with Crippen LogP contribution in [0.5, 0.6) is 5.88 Å². The monoisotopic (exact) mass is 630 g/mol.